The number of amides is 1. The quantitative estimate of drug-likeness (QED) is 0.792. The zero-order valence-corrected chi connectivity index (χ0v) is 12.4. The highest BCUT2D eigenvalue weighted by atomic mass is 16.1. The van der Waals surface area contributed by atoms with Crippen LogP contribution in [0.2, 0.25) is 0 Å². The first-order chi connectivity index (χ1) is 8.40. The van der Waals surface area contributed by atoms with Crippen LogP contribution in [0.15, 0.2) is 0 Å². The highest BCUT2D eigenvalue weighted by Crippen LogP contribution is 2.28. The van der Waals surface area contributed by atoms with E-state index in [1.165, 1.54) is 6.42 Å². The van der Waals surface area contributed by atoms with E-state index in [-0.39, 0.29) is 17.9 Å². The molecule has 0 aromatic rings. The Labute approximate surface area is 112 Å². The SMILES string of the molecule is CC(C)CCC(C)NC(=O)C1CCC(N)C(C)C1. The lowest BCUT2D eigenvalue weighted by Gasteiger charge is -2.31. The predicted molar refractivity (Wildman–Crippen MR) is 76.2 cm³/mol. The summed E-state index contributed by atoms with van der Waals surface area (Å²) >= 11 is 0. The first kappa shape index (κ1) is 15.5. The first-order valence-electron chi connectivity index (χ1n) is 7.46. The summed E-state index contributed by atoms with van der Waals surface area (Å²) in [5, 5.41) is 3.16. The third-order valence-electron chi connectivity index (χ3n) is 4.17. The summed E-state index contributed by atoms with van der Waals surface area (Å²) in [7, 11) is 0. The molecule has 0 saturated heterocycles. The number of carbonyl (C=O) groups is 1. The molecular weight excluding hydrogens is 224 g/mol. The van der Waals surface area contributed by atoms with Gasteiger partial charge in [-0.2, -0.15) is 0 Å². The molecule has 0 heterocycles. The van der Waals surface area contributed by atoms with Crippen molar-refractivity contribution in [1.29, 1.82) is 0 Å². The molecule has 0 aliphatic heterocycles. The van der Waals surface area contributed by atoms with Gasteiger partial charge < -0.3 is 11.1 Å². The largest absolute Gasteiger partial charge is 0.353 e. The zero-order chi connectivity index (χ0) is 13.7. The molecule has 0 spiro atoms. The van der Waals surface area contributed by atoms with Crippen molar-refractivity contribution in [2.75, 3.05) is 0 Å². The van der Waals surface area contributed by atoms with E-state index in [9.17, 15) is 4.79 Å². The van der Waals surface area contributed by atoms with Gasteiger partial charge in [0.25, 0.3) is 0 Å². The second-order valence-electron chi connectivity index (χ2n) is 6.53. The fraction of sp³-hybridized carbons (Fsp3) is 0.933. The van der Waals surface area contributed by atoms with Crippen molar-refractivity contribution in [2.24, 2.45) is 23.5 Å². The molecule has 4 unspecified atom stereocenters. The molecule has 1 aliphatic carbocycles. The summed E-state index contributed by atoms with van der Waals surface area (Å²) in [5.74, 6) is 1.60. The normalized spacial score (nSPS) is 30.2. The van der Waals surface area contributed by atoms with E-state index in [0.717, 1.165) is 25.7 Å². The van der Waals surface area contributed by atoms with Crippen molar-refractivity contribution in [3.63, 3.8) is 0 Å². The summed E-state index contributed by atoms with van der Waals surface area (Å²) in [4.78, 5) is 12.2. The molecule has 3 N–H and O–H groups in total. The Morgan fingerprint density at radius 3 is 2.50 bits per heavy atom. The van der Waals surface area contributed by atoms with Crippen LogP contribution in [0.4, 0.5) is 0 Å². The average molecular weight is 254 g/mol. The fourth-order valence-electron chi connectivity index (χ4n) is 2.67. The number of hydrogen-bond donors (Lipinski definition) is 2. The highest BCUT2D eigenvalue weighted by Gasteiger charge is 2.29. The summed E-state index contributed by atoms with van der Waals surface area (Å²) in [6.45, 7) is 8.71. The molecule has 0 aromatic heterocycles. The molecule has 4 atom stereocenters. The molecule has 0 radical (unpaired) electrons. The summed E-state index contributed by atoms with van der Waals surface area (Å²) in [5.41, 5.74) is 5.99. The molecular formula is C15H30N2O. The first-order valence-corrected chi connectivity index (χ1v) is 7.46. The van der Waals surface area contributed by atoms with Gasteiger partial charge in [-0.3, -0.25) is 4.79 Å². The Kier molecular flexibility index (Phi) is 6.13. The topological polar surface area (TPSA) is 55.1 Å². The lowest BCUT2D eigenvalue weighted by molar-refractivity contribution is -0.127. The molecule has 18 heavy (non-hydrogen) atoms. The smallest absolute Gasteiger partial charge is 0.223 e. The Bertz CT molecular complexity index is 265. The fourth-order valence-corrected chi connectivity index (χ4v) is 2.67. The Morgan fingerprint density at radius 1 is 1.28 bits per heavy atom. The molecule has 1 rings (SSSR count). The second-order valence-corrected chi connectivity index (χ2v) is 6.53. The summed E-state index contributed by atoms with van der Waals surface area (Å²) < 4.78 is 0. The van der Waals surface area contributed by atoms with Crippen LogP contribution in [0.3, 0.4) is 0 Å². The maximum atomic E-state index is 12.2. The molecule has 106 valence electrons. The maximum absolute atomic E-state index is 12.2. The van der Waals surface area contributed by atoms with Crippen LogP contribution in [-0.2, 0) is 4.79 Å². The highest BCUT2D eigenvalue weighted by molar-refractivity contribution is 5.79. The van der Waals surface area contributed by atoms with Crippen molar-refractivity contribution in [3.05, 3.63) is 0 Å². The van der Waals surface area contributed by atoms with Gasteiger partial charge in [0, 0.05) is 18.0 Å². The summed E-state index contributed by atoms with van der Waals surface area (Å²) in [6, 6.07) is 0.582. The van der Waals surface area contributed by atoms with E-state index in [1.54, 1.807) is 0 Å². The van der Waals surface area contributed by atoms with Crippen molar-refractivity contribution < 1.29 is 4.79 Å². The second kappa shape index (κ2) is 7.13. The van der Waals surface area contributed by atoms with Gasteiger partial charge in [0.05, 0.1) is 0 Å². The standard InChI is InChI=1S/C15H30N2O/c1-10(2)5-6-12(4)17-15(18)13-7-8-14(16)11(3)9-13/h10-14H,5-9,16H2,1-4H3,(H,17,18). The van der Waals surface area contributed by atoms with Crippen LogP contribution < -0.4 is 11.1 Å². The number of nitrogens with two attached hydrogens (primary N) is 1. The molecule has 3 heteroatoms. The lowest BCUT2D eigenvalue weighted by Crippen LogP contribution is -2.43. The van der Waals surface area contributed by atoms with E-state index in [0.29, 0.717) is 17.9 Å². The van der Waals surface area contributed by atoms with Crippen molar-refractivity contribution in [1.82, 2.24) is 5.32 Å². The molecule has 3 nitrogen and oxygen atoms in total. The number of nitrogens with one attached hydrogen (secondary N) is 1. The molecule has 1 amide bonds. The van der Waals surface area contributed by atoms with Gasteiger partial charge >= 0.3 is 0 Å². The van der Waals surface area contributed by atoms with Crippen LogP contribution in [-0.4, -0.2) is 18.0 Å². The van der Waals surface area contributed by atoms with E-state index in [2.05, 4.69) is 33.0 Å². The van der Waals surface area contributed by atoms with Gasteiger partial charge in [-0.15, -0.1) is 0 Å². The van der Waals surface area contributed by atoms with E-state index in [4.69, 9.17) is 5.73 Å². The molecule has 1 saturated carbocycles. The van der Waals surface area contributed by atoms with Gasteiger partial charge in [-0.1, -0.05) is 20.8 Å². The van der Waals surface area contributed by atoms with Crippen LogP contribution in [0.25, 0.3) is 0 Å². The van der Waals surface area contributed by atoms with Gasteiger partial charge in [-0.25, -0.2) is 0 Å². The van der Waals surface area contributed by atoms with Crippen LogP contribution in [0.1, 0.15) is 59.8 Å². The Hall–Kier alpha value is -0.570. The van der Waals surface area contributed by atoms with E-state index >= 15 is 0 Å². The Morgan fingerprint density at radius 2 is 1.94 bits per heavy atom. The van der Waals surface area contributed by atoms with Gasteiger partial charge in [0.2, 0.25) is 5.91 Å². The van der Waals surface area contributed by atoms with Gasteiger partial charge in [0.1, 0.15) is 0 Å². The minimum Gasteiger partial charge on any atom is -0.353 e. The monoisotopic (exact) mass is 254 g/mol. The van der Waals surface area contributed by atoms with Crippen LogP contribution >= 0.6 is 0 Å². The minimum absolute atomic E-state index is 0.182. The third kappa shape index (κ3) is 4.97. The maximum Gasteiger partial charge on any atom is 0.223 e. The Balaban J connectivity index is 2.32. The van der Waals surface area contributed by atoms with Crippen molar-refractivity contribution >= 4 is 5.91 Å². The third-order valence-corrected chi connectivity index (χ3v) is 4.17. The average Bonchev–Trinajstić information content (AvgIpc) is 2.30. The summed E-state index contributed by atoms with van der Waals surface area (Å²) in [6.07, 6.45) is 5.14. The minimum atomic E-state index is 0.182. The van der Waals surface area contributed by atoms with Gasteiger partial charge in [-0.05, 0) is 50.9 Å². The number of carbonyl (C=O) groups excluding carboxylic acids is 1. The zero-order valence-electron chi connectivity index (χ0n) is 12.4. The molecule has 0 aromatic carbocycles. The van der Waals surface area contributed by atoms with Gasteiger partial charge in [0.15, 0.2) is 0 Å². The lowest BCUT2D eigenvalue weighted by atomic mass is 9.79. The van der Waals surface area contributed by atoms with E-state index in [1.807, 2.05) is 0 Å². The molecule has 0 bridgehead atoms. The van der Waals surface area contributed by atoms with Crippen molar-refractivity contribution in [3.8, 4) is 0 Å². The number of rotatable bonds is 5. The predicted octanol–water partition coefficient (Wildman–Crippen LogP) is 2.69. The van der Waals surface area contributed by atoms with E-state index < -0.39 is 0 Å². The number of hydrogen-bond acceptors (Lipinski definition) is 2. The molecule has 1 fully saturated rings. The van der Waals surface area contributed by atoms with Crippen LogP contribution in [0, 0.1) is 17.8 Å². The molecule has 1 aliphatic rings. The van der Waals surface area contributed by atoms with Crippen molar-refractivity contribution in [2.45, 2.75) is 71.9 Å². The van der Waals surface area contributed by atoms with Crippen LogP contribution in [0.5, 0.6) is 0 Å².